The second-order valence-electron chi connectivity index (χ2n) is 3.07. The summed E-state index contributed by atoms with van der Waals surface area (Å²) in [5.74, 6) is -1.89. The van der Waals surface area contributed by atoms with Gasteiger partial charge in [-0.1, -0.05) is 28.7 Å². The highest BCUT2D eigenvalue weighted by atomic mass is 127. The molecule has 0 radical (unpaired) electrons. The third kappa shape index (κ3) is 2.21. The van der Waals surface area contributed by atoms with Crippen molar-refractivity contribution < 1.29 is 13.9 Å². The fraction of sp³-hybridized carbons (Fsp3) is 0.333. The van der Waals surface area contributed by atoms with Crippen LogP contribution in [0.15, 0.2) is 18.2 Å². The van der Waals surface area contributed by atoms with E-state index in [0.29, 0.717) is 5.56 Å². The predicted molar refractivity (Wildman–Crippen MR) is 57.9 cm³/mol. The molecule has 2 nitrogen and oxygen atoms in total. The zero-order chi connectivity index (χ0) is 10.9. The number of benzene rings is 1. The first-order chi connectivity index (χ1) is 6.35. The summed E-state index contributed by atoms with van der Waals surface area (Å²) in [7, 11) is 0. The maximum absolute atomic E-state index is 12.9. The summed E-state index contributed by atoms with van der Waals surface area (Å²) < 4.78 is 24.4. The predicted octanol–water partition coefficient (Wildman–Crippen LogP) is 1.89. The minimum Gasteiger partial charge on any atom is -0.390 e. The van der Waals surface area contributed by atoms with Crippen molar-refractivity contribution in [3.63, 3.8) is 0 Å². The van der Waals surface area contributed by atoms with Crippen LogP contribution < -0.4 is 5.73 Å². The second-order valence-corrected chi connectivity index (χ2v) is 4.86. The third-order valence-electron chi connectivity index (χ3n) is 1.97. The lowest BCUT2D eigenvalue weighted by molar-refractivity contribution is 0.156. The first-order valence-corrected chi connectivity index (χ1v) is 5.05. The Bertz CT molecular complexity index is 342. The molecule has 0 heterocycles. The van der Waals surface area contributed by atoms with E-state index in [-0.39, 0.29) is 0 Å². The zero-order valence-electron chi connectivity index (χ0n) is 7.47. The van der Waals surface area contributed by atoms with Gasteiger partial charge in [0.15, 0.2) is 11.6 Å². The minimum absolute atomic E-state index is 0.354. The molecule has 3 N–H and O–H groups in total. The third-order valence-corrected chi connectivity index (χ3v) is 3.49. The zero-order valence-corrected chi connectivity index (χ0v) is 9.63. The number of halogens is 3. The Balaban J connectivity index is 3.14. The van der Waals surface area contributed by atoms with Gasteiger partial charge in [-0.05, 0) is 24.6 Å². The van der Waals surface area contributed by atoms with E-state index in [4.69, 9.17) is 5.73 Å². The highest BCUT2D eigenvalue weighted by Gasteiger charge is 2.30. The lowest BCUT2D eigenvalue weighted by Gasteiger charge is -2.26. The lowest BCUT2D eigenvalue weighted by atomic mass is 10.0. The van der Waals surface area contributed by atoms with Gasteiger partial charge in [-0.3, -0.25) is 0 Å². The highest BCUT2D eigenvalue weighted by molar-refractivity contribution is 14.1. The van der Waals surface area contributed by atoms with Crippen molar-refractivity contribution in [1.29, 1.82) is 0 Å². The Morgan fingerprint density at radius 1 is 1.43 bits per heavy atom. The Hall–Kier alpha value is -0.270. The number of aliphatic hydroxyl groups is 1. The number of nitrogens with two attached hydrogens (primary N) is 1. The molecule has 0 saturated heterocycles. The van der Waals surface area contributed by atoms with Crippen molar-refractivity contribution in [2.24, 2.45) is 5.73 Å². The maximum Gasteiger partial charge on any atom is 0.159 e. The monoisotopic (exact) mass is 313 g/mol. The maximum atomic E-state index is 12.9. The van der Waals surface area contributed by atoms with Gasteiger partial charge >= 0.3 is 0 Å². The van der Waals surface area contributed by atoms with E-state index in [1.165, 1.54) is 13.0 Å². The van der Waals surface area contributed by atoms with Gasteiger partial charge in [0.25, 0.3) is 0 Å². The Kier molecular flexibility index (Phi) is 3.44. The summed E-state index contributed by atoms with van der Waals surface area (Å²) >= 11 is 1.80. The molecule has 0 saturated carbocycles. The van der Waals surface area contributed by atoms with Crippen molar-refractivity contribution in [3.05, 3.63) is 35.4 Å². The molecule has 0 aliphatic rings. The molecular weight excluding hydrogens is 303 g/mol. The van der Waals surface area contributed by atoms with E-state index < -0.39 is 21.3 Å². The first-order valence-electron chi connectivity index (χ1n) is 3.97. The van der Waals surface area contributed by atoms with E-state index in [0.717, 1.165) is 12.1 Å². The minimum atomic E-state index is -1.10. The fourth-order valence-corrected chi connectivity index (χ4v) is 1.31. The largest absolute Gasteiger partial charge is 0.390 e. The molecule has 1 rings (SSSR count). The topological polar surface area (TPSA) is 46.2 Å². The van der Waals surface area contributed by atoms with Gasteiger partial charge in [-0.2, -0.15) is 0 Å². The summed E-state index contributed by atoms with van der Waals surface area (Å²) in [6.45, 7) is 1.49. The molecule has 0 bridgehead atoms. The van der Waals surface area contributed by atoms with E-state index in [1.54, 1.807) is 22.6 Å². The summed E-state index contributed by atoms with van der Waals surface area (Å²) in [4.78, 5) is 0. The first kappa shape index (κ1) is 11.8. The van der Waals surface area contributed by atoms with Crippen LogP contribution in [0.5, 0.6) is 0 Å². The molecule has 0 spiro atoms. The van der Waals surface area contributed by atoms with Crippen LogP contribution in [-0.4, -0.2) is 11.2 Å². The van der Waals surface area contributed by atoms with E-state index in [2.05, 4.69) is 0 Å². The van der Waals surface area contributed by atoms with Crippen molar-refractivity contribution >= 4 is 22.6 Å². The van der Waals surface area contributed by atoms with E-state index in [1.807, 2.05) is 0 Å². The molecule has 0 aliphatic carbocycles. The standard InChI is InChI=1S/C9H10F2INO/c1-5(14)9(12,13)6-2-3-7(10)8(11)4-6/h2-5,14H,13H2,1H3. The van der Waals surface area contributed by atoms with Gasteiger partial charge < -0.3 is 10.8 Å². The second kappa shape index (κ2) is 4.08. The van der Waals surface area contributed by atoms with E-state index in [9.17, 15) is 13.9 Å². The number of alkyl halides is 1. The van der Waals surface area contributed by atoms with Crippen LogP contribution in [-0.2, 0) is 3.55 Å². The molecule has 0 amide bonds. The van der Waals surface area contributed by atoms with Gasteiger partial charge in [-0.15, -0.1) is 0 Å². The van der Waals surface area contributed by atoms with Crippen LogP contribution in [0, 0.1) is 11.6 Å². The van der Waals surface area contributed by atoms with Crippen molar-refractivity contribution in [2.75, 3.05) is 0 Å². The molecule has 2 atom stereocenters. The van der Waals surface area contributed by atoms with Crippen molar-refractivity contribution in [1.82, 2.24) is 0 Å². The van der Waals surface area contributed by atoms with Crippen molar-refractivity contribution in [3.8, 4) is 0 Å². The van der Waals surface area contributed by atoms with Crippen LogP contribution in [0.3, 0.4) is 0 Å². The van der Waals surface area contributed by atoms with E-state index >= 15 is 0 Å². The molecular formula is C9H10F2INO. The summed E-state index contributed by atoms with van der Waals surface area (Å²) in [6, 6.07) is 3.35. The van der Waals surface area contributed by atoms with Gasteiger partial charge in [-0.25, -0.2) is 8.78 Å². The quantitative estimate of drug-likeness (QED) is 0.498. The van der Waals surface area contributed by atoms with Crippen LogP contribution in [0.1, 0.15) is 12.5 Å². The number of hydrogen-bond donors (Lipinski definition) is 2. The van der Waals surface area contributed by atoms with Crippen LogP contribution >= 0.6 is 22.6 Å². The van der Waals surface area contributed by atoms with Gasteiger partial charge in [0.2, 0.25) is 0 Å². The van der Waals surface area contributed by atoms with Gasteiger partial charge in [0.05, 0.1) is 6.10 Å². The average Bonchev–Trinajstić information content (AvgIpc) is 2.09. The number of aliphatic hydroxyl groups excluding tert-OH is 1. The Morgan fingerprint density at radius 3 is 2.43 bits per heavy atom. The summed E-state index contributed by atoms with van der Waals surface area (Å²) in [6.07, 6.45) is -0.854. The summed E-state index contributed by atoms with van der Waals surface area (Å²) in [5.41, 5.74) is 6.10. The molecule has 0 aliphatic heterocycles. The SMILES string of the molecule is CC(O)C(N)(I)c1ccc(F)c(F)c1. The molecule has 78 valence electrons. The molecule has 2 unspecified atom stereocenters. The summed E-state index contributed by atoms with van der Waals surface area (Å²) in [5, 5.41) is 9.35. The van der Waals surface area contributed by atoms with Crippen LogP contribution in [0.4, 0.5) is 8.78 Å². The smallest absolute Gasteiger partial charge is 0.159 e. The molecule has 1 aromatic rings. The fourth-order valence-electron chi connectivity index (χ4n) is 0.976. The average molecular weight is 313 g/mol. The molecule has 0 fully saturated rings. The Morgan fingerprint density at radius 2 is 2.00 bits per heavy atom. The number of rotatable bonds is 2. The molecule has 5 heteroatoms. The lowest BCUT2D eigenvalue weighted by Crippen LogP contribution is -2.40. The highest BCUT2D eigenvalue weighted by Crippen LogP contribution is 2.30. The number of hydrogen-bond acceptors (Lipinski definition) is 2. The van der Waals surface area contributed by atoms with Crippen molar-refractivity contribution in [2.45, 2.75) is 16.6 Å². The van der Waals surface area contributed by atoms with Crippen LogP contribution in [0.2, 0.25) is 0 Å². The molecule has 14 heavy (non-hydrogen) atoms. The molecule has 1 aromatic carbocycles. The molecule has 0 aromatic heterocycles. The van der Waals surface area contributed by atoms with Crippen LogP contribution in [0.25, 0.3) is 0 Å². The van der Waals surface area contributed by atoms with Gasteiger partial charge in [0, 0.05) is 0 Å². The van der Waals surface area contributed by atoms with Gasteiger partial charge in [0.1, 0.15) is 3.55 Å². The Labute approximate surface area is 94.3 Å². The normalized spacial score (nSPS) is 17.6.